The fourth-order valence-electron chi connectivity index (χ4n) is 2.67. The van der Waals surface area contributed by atoms with Crippen molar-refractivity contribution < 1.29 is 0 Å². The summed E-state index contributed by atoms with van der Waals surface area (Å²) in [5.41, 5.74) is 3.75. The van der Waals surface area contributed by atoms with Crippen LogP contribution < -0.4 is 5.32 Å². The van der Waals surface area contributed by atoms with E-state index in [0.29, 0.717) is 0 Å². The molecule has 1 saturated heterocycles. The Bertz CT molecular complexity index is 552. The number of rotatable bonds is 4. The third-order valence-corrected chi connectivity index (χ3v) is 3.77. The molecule has 1 aliphatic heterocycles. The second kappa shape index (κ2) is 4.73. The highest BCUT2D eigenvalue weighted by atomic mass is 15.1. The maximum absolute atomic E-state index is 4.85. The van der Waals surface area contributed by atoms with E-state index >= 15 is 0 Å². The minimum Gasteiger partial charge on any atom is -0.328 e. The molecule has 0 atom stereocenters. The lowest BCUT2D eigenvalue weighted by molar-refractivity contribution is 0.337. The van der Waals surface area contributed by atoms with Crippen molar-refractivity contribution in [3.63, 3.8) is 0 Å². The van der Waals surface area contributed by atoms with Gasteiger partial charge in [0, 0.05) is 13.0 Å². The van der Waals surface area contributed by atoms with Gasteiger partial charge >= 0.3 is 0 Å². The van der Waals surface area contributed by atoms with Crippen LogP contribution in [0.2, 0.25) is 0 Å². The number of nitrogens with one attached hydrogen (secondary N) is 1. The van der Waals surface area contributed by atoms with Gasteiger partial charge in [0.1, 0.15) is 5.82 Å². The first-order valence-corrected chi connectivity index (χ1v) is 6.94. The van der Waals surface area contributed by atoms with Crippen LogP contribution in [0.25, 0.3) is 11.0 Å². The molecular formula is C15H21N3. The molecule has 0 saturated carbocycles. The van der Waals surface area contributed by atoms with Gasteiger partial charge in [-0.15, -0.1) is 0 Å². The molecule has 1 aliphatic rings. The molecule has 1 N–H and O–H groups in total. The molecule has 0 bridgehead atoms. The molecule has 0 radical (unpaired) electrons. The molecule has 3 heteroatoms. The molecule has 2 aromatic rings. The molecule has 0 aliphatic carbocycles. The zero-order valence-corrected chi connectivity index (χ0v) is 11.2. The van der Waals surface area contributed by atoms with Gasteiger partial charge in [0.05, 0.1) is 11.0 Å². The van der Waals surface area contributed by atoms with Crippen molar-refractivity contribution in [1.29, 1.82) is 0 Å². The number of benzene rings is 1. The molecule has 3 nitrogen and oxygen atoms in total. The van der Waals surface area contributed by atoms with Gasteiger partial charge < -0.3 is 9.88 Å². The molecule has 0 unspecified atom stereocenters. The SMILES string of the molecule is CCCn1c(CC2CNC2)nc2cc(C)ccc21. The fourth-order valence-corrected chi connectivity index (χ4v) is 2.67. The summed E-state index contributed by atoms with van der Waals surface area (Å²) in [6, 6.07) is 6.60. The number of nitrogens with zero attached hydrogens (tertiary/aromatic N) is 2. The molecule has 2 heterocycles. The molecule has 0 spiro atoms. The second-order valence-corrected chi connectivity index (χ2v) is 5.40. The van der Waals surface area contributed by atoms with E-state index in [9.17, 15) is 0 Å². The summed E-state index contributed by atoms with van der Waals surface area (Å²) in [5.74, 6) is 2.04. The summed E-state index contributed by atoms with van der Waals surface area (Å²) in [4.78, 5) is 4.85. The van der Waals surface area contributed by atoms with Crippen LogP contribution >= 0.6 is 0 Å². The molecule has 1 fully saturated rings. The predicted molar refractivity (Wildman–Crippen MR) is 74.8 cm³/mol. The van der Waals surface area contributed by atoms with E-state index in [4.69, 9.17) is 4.98 Å². The summed E-state index contributed by atoms with van der Waals surface area (Å²) >= 11 is 0. The Kier molecular flexibility index (Phi) is 3.08. The molecular weight excluding hydrogens is 222 g/mol. The van der Waals surface area contributed by atoms with E-state index in [1.807, 2.05) is 0 Å². The van der Waals surface area contributed by atoms with Crippen LogP contribution in [0.15, 0.2) is 18.2 Å². The summed E-state index contributed by atoms with van der Waals surface area (Å²) < 4.78 is 2.41. The monoisotopic (exact) mass is 243 g/mol. The van der Waals surface area contributed by atoms with Crippen LogP contribution in [0, 0.1) is 12.8 Å². The van der Waals surface area contributed by atoms with Crippen molar-refractivity contribution in [3.05, 3.63) is 29.6 Å². The van der Waals surface area contributed by atoms with Crippen LogP contribution in [0.4, 0.5) is 0 Å². The van der Waals surface area contributed by atoms with Crippen LogP contribution in [-0.2, 0) is 13.0 Å². The standard InChI is InChI=1S/C15H21N3/c1-3-6-18-14-5-4-11(2)7-13(14)17-15(18)8-12-9-16-10-12/h4-5,7,12,16H,3,6,8-10H2,1-2H3. The quantitative estimate of drug-likeness (QED) is 0.894. The Morgan fingerprint density at radius 1 is 1.39 bits per heavy atom. The lowest BCUT2D eigenvalue weighted by Crippen LogP contribution is -2.43. The van der Waals surface area contributed by atoms with Crippen molar-refractivity contribution in [2.75, 3.05) is 13.1 Å². The number of hydrogen-bond acceptors (Lipinski definition) is 2. The Morgan fingerprint density at radius 3 is 2.89 bits per heavy atom. The van der Waals surface area contributed by atoms with Gasteiger partial charge in [-0.25, -0.2) is 4.98 Å². The molecule has 1 aromatic carbocycles. The van der Waals surface area contributed by atoms with Gasteiger partial charge in [-0.3, -0.25) is 0 Å². The largest absolute Gasteiger partial charge is 0.328 e. The van der Waals surface area contributed by atoms with Gasteiger partial charge in [-0.1, -0.05) is 13.0 Å². The van der Waals surface area contributed by atoms with E-state index in [1.54, 1.807) is 0 Å². The third-order valence-electron chi connectivity index (χ3n) is 3.77. The van der Waals surface area contributed by atoms with Crippen molar-refractivity contribution in [2.45, 2.75) is 33.2 Å². The Morgan fingerprint density at radius 2 is 2.22 bits per heavy atom. The van der Waals surface area contributed by atoms with Crippen LogP contribution in [0.3, 0.4) is 0 Å². The first kappa shape index (κ1) is 11.7. The molecule has 1 aromatic heterocycles. The number of fused-ring (bicyclic) bond motifs is 1. The highest BCUT2D eigenvalue weighted by Gasteiger charge is 2.20. The number of aromatic nitrogens is 2. The zero-order chi connectivity index (χ0) is 12.5. The smallest absolute Gasteiger partial charge is 0.110 e. The zero-order valence-electron chi connectivity index (χ0n) is 11.2. The highest BCUT2D eigenvalue weighted by molar-refractivity contribution is 5.76. The fraction of sp³-hybridized carbons (Fsp3) is 0.533. The van der Waals surface area contributed by atoms with Crippen molar-refractivity contribution in [2.24, 2.45) is 5.92 Å². The molecule has 0 amide bonds. The van der Waals surface area contributed by atoms with E-state index in [0.717, 1.165) is 43.9 Å². The van der Waals surface area contributed by atoms with Gasteiger partial charge in [-0.05, 0) is 50.0 Å². The normalized spacial score (nSPS) is 16.1. The average Bonchev–Trinajstić information content (AvgIpc) is 2.62. The van der Waals surface area contributed by atoms with E-state index in [2.05, 4.69) is 41.9 Å². The lowest BCUT2D eigenvalue weighted by atomic mass is 9.99. The summed E-state index contributed by atoms with van der Waals surface area (Å²) in [6.07, 6.45) is 2.27. The maximum atomic E-state index is 4.85. The maximum Gasteiger partial charge on any atom is 0.110 e. The van der Waals surface area contributed by atoms with Gasteiger partial charge in [0.2, 0.25) is 0 Å². The van der Waals surface area contributed by atoms with Crippen molar-refractivity contribution >= 4 is 11.0 Å². The minimum atomic E-state index is 0.776. The topological polar surface area (TPSA) is 29.9 Å². The number of hydrogen-bond donors (Lipinski definition) is 1. The summed E-state index contributed by atoms with van der Waals surface area (Å²) in [5, 5.41) is 3.34. The van der Waals surface area contributed by atoms with Crippen LogP contribution in [0.5, 0.6) is 0 Å². The first-order chi connectivity index (χ1) is 8.78. The highest BCUT2D eigenvalue weighted by Crippen LogP contribution is 2.21. The van der Waals surface area contributed by atoms with Crippen LogP contribution in [0.1, 0.15) is 24.7 Å². The van der Waals surface area contributed by atoms with Gasteiger partial charge in [0.15, 0.2) is 0 Å². The van der Waals surface area contributed by atoms with Crippen molar-refractivity contribution in [1.82, 2.24) is 14.9 Å². The number of aryl methyl sites for hydroxylation is 2. The van der Waals surface area contributed by atoms with Crippen molar-refractivity contribution in [3.8, 4) is 0 Å². The first-order valence-electron chi connectivity index (χ1n) is 6.94. The van der Waals surface area contributed by atoms with E-state index in [-0.39, 0.29) is 0 Å². The van der Waals surface area contributed by atoms with Gasteiger partial charge in [0.25, 0.3) is 0 Å². The lowest BCUT2D eigenvalue weighted by Gasteiger charge is -2.26. The Hall–Kier alpha value is -1.35. The van der Waals surface area contributed by atoms with E-state index in [1.165, 1.54) is 16.9 Å². The average molecular weight is 243 g/mol. The summed E-state index contributed by atoms with van der Waals surface area (Å²) in [7, 11) is 0. The molecule has 18 heavy (non-hydrogen) atoms. The van der Waals surface area contributed by atoms with Gasteiger partial charge in [-0.2, -0.15) is 0 Å². The van der Waals surface area contributed by atoms with Crippen LogP contribution in [-0.4, -0.2) is 22.6 Å². The molecule has 96 valence electrons. The van der Waals surface area contributed by atoms with E-state index < -0.39 is 0 Å². The number of imidazole rings is 1. The molecule has 3 rings (SSSR count). The summed E-state index contributed by atoms with van der Waals surface area (Å²) in [6.45, 7) is 7.74. The third kappa shape index (κ3) is 2.03. The second-order valence-electron chi connectivity index (χ2n) is 5.40. The Labute approximate surface area is 108 Å². The predicted octanol–water partition coefficient (Wildman–Crippen LogP) is 2.52. The Balaban J connectivity index is 2.01. The minimum absolute atomic E-state index is 0.776.